The van der Waals surface area contributed by atoms with E-state index in [0.29, 0.717) is 12.0 Å². The van der Waals surface area contributed by atoms with Crippen LogP contribution in [0.1, 0.15) is 38.4 Å². The molecule has 2 rings (SSSR count). The highest BCUT2D eigenvalue weighted by Crippen LogP contribution is 2.29. The molecule has 0 bridgehead atoms. The minimum Gasteiger partial charge on any atom is -0.497 e. The third-order valence-electron chi connectivity index (χ3n) is 3.89. The van der Waals surface area contributed by atoms with Crippen molar-refractivity contribution in [2.45, 2.75) is 32.8 Å². The molecule has 0 spiro atoms. The molecular weight excluding hydrogens is 238 g/mol. The van der Waals surface area contributed by atoms with Crippen molar-refractivity contribution in [1.29, 1.82) is 0 Å². The number of hydrogen-bond acceptors (Lipinski definition) is 3. The number of rotatable bonds is 4. The van der Waals surface area contributed by atoms with Crippen LogP contribution in [-0.4, -0.2) is 36.8 Å². The van der Waals surface area contributed by atoms with Crippen LogP contribution < -0.4 is 4.74 Å². The first-order valence-corrected chi connectivity index (χ1v) is 7.04. The van der Waals surface area contributed by atoms with Gasteiger partial charge in [0.15, 0.2) is 0 Å². The Morgan fingerprint density at radius 2 is 2.21 bits per heavy atom. The third kappa shape index (κ3) is 3.95. The molecule has 0 saturated carbocycles. The quantitative estimate of drug-likeness (QED) is 0.906. The van der Waals surface area contributed by atoms with Crippen LogP contribution in [0.15, 0.2) is 24.3 Å². The van der Waals surface area contributed by atoms with Crippen LogP contribution in [0.3, 0.4) is 0 Å². The van der Waals surface area contributed by atoms with Gasteiger partial charge in [-0.3, -0.25) is 4.90 Å². The first-order chi connectivity index (χ1) is 9.00. The molecule has 3 nitrogen and oxygen atoms in total. The minimum absolute atomic E-state index is 0.367. The van der Waals surface area contributed by atoms with Crippen LogP contribution in [-0.2, 0) is 0 Å². The molecule has 0 radical (unpaired) electrons. The van der Waals surface area contributed by atoms with Crippen LogP contribution in [0.4, 0.5) is 0 Å². The molecule has 106 valence electrons. The molecule has 1 fully saturated rings. The second-order valence-electron chi connectivity index (χ2n) is 6.30. The van der Waals surface area contributed by atoms with Crippen molar-refractivity contribution in [3.8, 4) is 5.75 Å². The Kier molecular flexibility index (Phi) is 4.48. The molecule has 1 N–H and O–H groups in total. The summed E-state index contributed by atoms with van der Waals surface area (Å²) in [5.41, 5.74) is 1.30. The highest BCUT2D eigenvalue weighted by Gasteiger charge is 2.27. The van der Waals surface area contributed by atoms with Crippen molar-refractivity contribution >= 4 is 0 Å². The molecule has 1 atom stereocenters. The zero-order valence-electron chi connectivity index (χ0n) is 12.2. The molecule has 0 aliphatic carbocycles. The van der Waals surface area contributed by atoms with Crippen molar-refractivity contribution in [3.63, 3.8) is 0 Å². The SMILES string of the molecule is COc1cccc(C(O)CN2CCCC(C)(C)C2)c1. The van der Waals surface area contributed by atoms with Crippen molar-refractivity contribution in [2.75, 3.05) is 26.7 Å². The van der Waals surface area contributed by atoms with Crippen LogP contribution in [0.2, 0.25) is 0 Å². The van der Waals surface area contributed by atoms with E-state index >= 15 is 0 Å². The van der Waals surface area contributed by atoms with Gasteiger partial charge in [-0.1, -0.05) is 26.0 Å². The van der Waals surface area contributed by atoms with E-state index < -0.39 is 6.10 Å². The Balaban J connectivity index is 1.98. The van der Waals surface area contributed by atoms with Crippen LogP contribution in [0.5, 0.6) is 5.75 Å². The Morgan fingerprint density at radius 3 is 2.89 bits per heavy atom. The second-order valence-corrected chi connectivity index (χ2v) is 6.30. The average molecular weight is 263 g/mol. The predicted octanol–water partition coefficient (Wildman–Crippen LogP) is 2.85. The Morgan fingerprint density at radius 1 is 1.42 bits per heavy atom. The topological polar surface area (TPSA) is 32.7 Å². The molecule has 1 aliphatic rings. The maximum atomic E-state index is 10.4. The van der Waals surface area contributed by atoms with Crippen LogP contribution in [0, 0.1) is 5.41 Å². The number of methoxy groups -OCH3 is 1. The van der Waals surface area contributed by atoms with Crippen LogP contribution in [0.25, 0.3) is 0 Å². The van der Waals surface area contributed by atoms with Gasteiger partial charge in [0.05, 0.1) is 13.2 Å². The van der Waals surface area contributed by atoms with Gasteiger partial charge < -0.3 is 9.84 Å². The highest BCUT2D eigenvalue weighted by molar-refractivity contribution is 5.29. The van der Waals surface area contributed by atoms with Gasteiger partial charge in [0.25, 0.3) is 0 Å². The molecule has 19 heavy (non-hydrogen) atoms. The Hall–Kier alpha value is -1.06. The number of aliphatic hydroxyl groups is 1. The van der Waals surface area contributed by atoms with E-state index in [9.17, 15) is 5.11 Å². The zero-order chi connectivity index (χ0) is 13.9. The normalized spacial score (nSPS) is 21.1. The van der Waals surface area contributed by atoms with Crippen molar-refractivity contribution in [1.82, 2.24) is 4.90 Å². The summed E-state index contributed by atoms with van der Waals surface area (Å²) in [5.74, 6) is 0.801. The van der Waals surface area contributed by atoms with Gasteiger partial charge in [0, 0.05) is 13.1 Å². The lowest BCUT2D eigenvalue weighted by atomic mass is 9.84. The molecule has 0 aromatic heterocycles. The lowest BCUT2D eigenvalue weighted by molar-refractivity contribution is 0.0597. The average Bonchev–Trinajstić information content (AvgIpc) is 2.37. The minimum atomic E-state index is -0.441. The van der Waals surface area contributed by atoms with Crippen LogP contribution >= 0.6 is 0 Å². The summed E-state index contributed by atoms with van der Waals surface area (Å²) in [7, 11) is 1.65. The number of likely N-dealkylation sites (tertiary alicyclic amines) is 1. The van der Waals surface area contributed by atoms with Gasteiger partial charge >= 0.3 is 0 Å². The van der Waals surface area contributed by atoms with Gasteiger partial charge in [0.1, 0.15) is 5.75 Å². The predicted molar refractivity (Wildman–Crippen MR) is 77.4 cm³/mol. The van der Waals surface area contributed by atoms with Crippen molar-refractivity contribution < 1.29 is 9.84 Å². The summed E-state index contributed by atoms with van der Waals surface area (Å²) >= 11 is 0. The zero-order valence-corrected chi connectivity index (χ0v) is 12.2. The van der Waals surface area contributed by atoms with Gasteiger partial charge in [-0.2, -0.15) is 0 Å². The van der Waals surface area contributed by atoms with E-state index in [1.54, 1.807) is 7.11 Å². The summed E-state index contributed by atoms with van der Waals surface area (Å²) in [5, 5.41) is 10.4. The standard InChI is InChI=1S/C16H25NO2/c1-16(2)8-5-9-17(12-16)11-15(18)13-6-4-7-14(10-13)19-3/h4,6-7,10,15,18H,5,8-9,11-12H2,1-3H3. The molecule has 1 saturated heterocycles. The number of piperidine rings is 1. The number of nitrogens with zero attached hydrogens (tertiary/aromatic N) is 1. The fourth-order valence-corrected chi connectivity index (χ4v) is 2.90. The summed E-state index contributed by atoms with van der Waals surface area (Å²) in [6, 6.07) is 7.71. The largest absolute Gasteiger partial charge is 0.497 e. The van der Waals surface area contributed by atoms with E-state index in [-0.39, 0.29) is 0 Å². The Labute approximate surface area is 116 Å². The van der Waals surface area contributed by atoms with E-state index in [0.717, 1.165) is 24.4 Å². The smallest absolute Gasteiger partial charge is 0.119 e. The molecule has 1 aliphatic heterocycles. The summed E-state index contributed by atoms with van der Waals surface area (Å²) in [6.45, 7) is 7.46. The first-order valence-electron chi connectivity index (χ1n) is 7.04. The number of aliphatic hydroxyl groups excluding tert-OH is 1. The fourth-order valence-electron chi connectivity index (χ4n) is 2.90. The molecule has 0 amide bonds. The monoisotopic (exact) mass is 263 g/mol. The van der Waals surface area contributed by atoms with Gasteiger partial charge in [-0.05, 0) is 42.5 Å². The number of β-amino-alcohol motifs (C(OH)–C–C–N with tert-alkyl or cyclic N) is 1. The van der Waals surface area contributed by atoms with E-state index in [1.807, 2.05) is 24.3 Å². The number of benzene rings is 1. The summed E-state index contributed by atoms with van der Waals surface area (Å²) in [6.07, 6.45) is 2.06. The molecule has 1 aromatic rings. The third-order valence-corrected chi connectivity index (χ3v) is 3.89. The van der Waals surface area contributed by atoms with E-state index in [4.69, 9.17) is 4.74 Å². The Bertz CT molecular complexity index is 417. The number of ether oxygens (including phenoxy) is 1. The lowest BCUT2D eigenvalue weighted by Gasteiger charge is -2.38. The molecule has 1 aromatic carbocycles. The summed E-state index contributed by atoms with van der Waals surface area (Å²) in [4.78, 5) is 2.37. The van der Waals surface area contributed by atoms with Crippen molar-refractivity contribution in [2.24, 2.45) is 5.41 Å². The maximum Gasteiger partial charge on any atom is 0.119 e. The van der Waals surface area contributed by atoms with E-state index in [2.05, 4.69) is 18.7 Å². The fraction of sp³-hybridized carbons (Fsp3) is 0.625. The van der Waals surface area contributed by atoms with Gasteiger partial charge in [-0.25, -0.2) is 0 Å². The maximum absolute atomic E-state index is 10.4. The first kappa shape index (κ1) is 14.4. The second kappa shape index (κ2) is 5.93. The highest BCUT2D eigenvalue weighted by atomic mass is 16.5. The molecule has 1 heterocycles. The molecule has 3 heteroatoms. The lowest BCUT2D eigenvalue weighted by Crippen LogP contribution is -2.41. The van der Waals surface area contributed by atoms with E-state index in [1.165, 1.54) is 12.8 Å². The number of hydrogen-bond donors (Lipinski definition) is 1. The van der Waals surface area contributed by atoms with Gasteiger partial charge in [0.2, 0.25) is 0 Å². The summed E-state index contributed by atoms with van der Waals surface area (Å²) < 4.78 is 5.20. The molecular formula is C16H25NO2. The molecule has 1 unspecified atom stereocenters. The van der Waals surface area contributed by atoms with Crippen molar-refractivity contribution in [3.05, 3.63) is 29.8 Å². The van der Waals surface area contributed by atoms with Gasteiger partial charge in [-0.15, -0.1) is 0 Å².